The number of methoxy groups -OCH3 is 1. The van der Waals surface area contributed by atoms with Crippen LogP contribution in [0.2, 0.25) is 0 Å². The first-order valence-electron chi connectivity index (χ1n) is 26.8. The Balaban J connectivity index is 2.74. The summed E-state index contributed by atoms with van der Waals surface area (Å²) in [6, 6.07) is 2.35. The van der Waals surface area contributed by atoms with E-state index >= 15 is 9.59 Å². The largest absolute Gasteiger partial charge is 0.467 e. The van der Waals surface area contributed by atoms with Gasteiger partial charge in [-0.1, -0.05) is 112 Å². The molecule has 1 aromatic heterocycles. The third-order valence-electron chi connectivity index (χ3n) is 13.8. The molecule has 20 nitrogen and oxygen atoms in total. The highest BCUT2D eigenvalue weighted by Gasteiger charge is 2.40. The van der Waals surface area contributed by atoms with Gasteiger partial charge >= 0.3 is 5.97 Å². The zero-order valence-electron chi connectivity index (χ0n) is 48.0. The highest BCUT2D eigenvalue weighted by molar-refractivity contribution is 7.86. The predicted octanol–water partition coefficient (Wildman–Crippen LogP) is 5.54. The lowest BCUT2D eigenvalue weighted by atomic mass is 9.94. The number of esters is 1. The molecule has 0 radical (unpaired) electrons. The van der Waals surface area contributed by atoms with Gasteiger partial charge in [0.15, 0.2) is 6.10 Å². The zero-order valence-corrected chi connectivity index (χ0v) is 48.8. The summed E-state index contributed by atoms with van der Waals surface area (Å²) in [6.45, 7) is 17.0. The average molecular weight is 1090 g/mol. The number of unbranched alkanes of at least 4 members (excludes halogenated alkanes) is 2. The highest BCUT2D eigenvalue weighted by Crippen LogP contribution is 2.26. The van der Waals surface area contributed by atoms with E-state index in [1.807, 2.05) is 78.8 Å². The third kappa shape index (κ3) is 20.7. The predicted molar refractivity (Wildman–Crippen MR) is 291 cm³/mol. The van der Waals surface area contributed by atoms with Crippen LogP contribution in [0.5, 0.6) is 0 Å². The number of nitrogens with one attached hydrogen (secondary N) is 3. The molecule has 0 fully saturated rings. The van der Waals surface area contributed by atoms with E-state index < -0.39 is 93.9 Å². The molecule has 2 aromatic rings. The Kier molecular flexibility index (Phi) is 28.0. The van der Waals surface area contributed by atoms with Crippen molar-refractivity contribution in [1.29, 1.82) is 5.26 Å². The minimum Gasteiger partial charge on any atom is -0.467 e. The smallest absolute Gasteiger partial charge is 0.328 e. The summed E-state index contributed by atoms with van der Waals surface area (Å²) in [6.07, 6.45) is 6.12. The lowest BCUT2D eigenvalue weighted by Crippen LogP contribution is -2.60. The molecular formula is C55H90N8O12S. The van der Waals surface area contributed by atoms with E-state index in [0.717, 1.165) is 43.7 Å². The number of hydrogen-bond donors (Lipinski definition) is 3. The van der Waals surface area contributed by atoms with Crippen LogP contribution in [0.1, 0.15) is 145 Å². The molecule has 0 spiro atoms. The van der Waals surface area contributed by atoms with Gasteiger partial charge in [-0.3, -0.25) is 33.0 Å². The molecule has 1 aromatic carbocycles. The van der Waals surface area contributed by atoms with Gasteiger partial charge in [0.25, 0.3) is 16.0 Å². The van der Waals surface area contributed by atoms with Gasteiger partial charge in [-0.15, -0.1) is 0 Å². The molecule has 3 N–H and O–H groups in total. The van der Waals surface area contributed by atoms with Gasteiger partial charge in [0, 0.05) is 45.6 Å². The summed E-state index contributed by atoms with van der Waals surface area (Å²) in [4.78, 5) is 110. The first-order valence-corrected chi connectivity index (χ1v) is 28.6. The Morgan fingerprint density at radius 1 is 0.671 bits per heavy atom. The number of fused-ring (bicyclic) bond motifs is 1. The van der Waals surface area contributed by atoms with E-state index in [1.165, 1.54) is 57.0 Å². The molecule has 0 saturated heterocycles. The van der Waals surface area contributed by atoms with Crippen molar-refractivity contribution in [3.63, 3.8) is 0 Å². The SMILES string of the molecule is CCCC[C@@H](C)C[C@H](NC(=O)[C@H](Cc1cn(OC)c2ccccc12)N(C)C(=O)[C@H](CC(C)C)NC(=O)[C@H](CC(C)C)N(C)C(=O)[C@H](C[C@H](C)CCCC)NC(=O)[C@@H](CCC#N)OS(C)(=O)=O)C(=O)N(C)[C@@H](C)C(=O)OC. The van der Waals surface area contributed by atoms with Crippen molar-refractivity contribution < 1.29 is 55.7 Å². The van der Waals surface area contributed by atoms with E-state index in [0.29, 0.717) is 17.5 Å². The van der Waals surface area contributed by atoms with E-state index in [1.54, 1.807) is 10.9 Å². The molecule has 0 aliphatic rings. The van der Waals surface area contributed by atoms with E-state index in [9.17, 15) is 37.7 Å². The van der Waals surface area contributed by atoms with E-state index in [2.05, 4.69) is 22.9 Å². The van der Waals surface area contributed by atoms with Crippen LogP contribution in [0.15, 0.2) is 30.5 Å². The minimum absolute atomic E-state index is 0.0146. The molecule has 0 aliphatic heterocycles. The second-order valence-electron chi connectivity index (χ2n) is 21.4. The van der Waals surface area contributed by atoms with E-state index in [-0.39, 0.29) is 68.6 Å². The molecule has 9 atom stereocenters. The summed E-state index contributed by atoms with van der Waals surface area (Å²) < 4.78 is 35.9. The van der Waals surface area contributed by atoms with Crippen LogP contribution in [0.4, 0.5) is 0 Å². The number of amides is 6. The Morgan fingerprint density at radius 2 is 1.14 bits per heavy atom. The van der Waals surface area contributed by atoms with Crippen LogP contribution < -0.4 is 20.8 Å². The fourth-order valence-electron chi connectivity index (χ4n) is 9.31. The fraction of sp³-hybridized carbons (Fsp3) is 0.709. The van der Waals surface area contributed by atoms with Gasteiger partial charge in [0.1, 0.15) is 43.4 Å². The number of carbonyl (C=O) groups excluding carboxylic acids is 7. The normalized spacial score (nSPS) is 15.2. The Labute approximate surface area is 452 Å². The molecule has 428 valence electrons. The number of benzene rings is 1. The number of rotatable bonds is 34. The van der Waals surface area contributed by atoms with Gasteiger partial charge < -0.3 is 40.2 Å². The molecule has 0 saturated carbocycles. The monoisotopic (exact) mass is 1090 g/mol. The standard InChI is InChI=1S/C55H90N8O12S/c1-16-18-23-37(7)31-43(52(67)60(10)39(9)55(70)73-13)58-50(65)47(33-40-34-63(74-14)45-26-21-20-25-41(40)45)62(12)53(68)42(29-35(3)4)57-49(64)46(30-36(5)6)61(11)54(69)44(32-38(8)24-19-17-2)59-51(66)48(27-22-28-56)75-76(15,71)72/h20-21,25-26,34-39,42-44,46-48H,16-19,22-24,27,29-33H2,1-15H3,(H,57,64)(H,58,65)(H,59,66)/t37-,38-,39+,42+,43+,44+,46+,47+,48-/m1/s1. The van der Waals surface area contributed by atoms with Crippen molar-refractivity contribution in [2.45, 2.75) is 188 Å². The van der Waals surface area contributed by atoms with Crippen molar-refractivity contribution in [3.05, 3.63) is 36.0 Å². The molecule has 76 heavy (non-hydrogen) atoms. The molecule has 0 unspecified atom stereocenters. The Hall–Kier alpha value is -5.75. The second kappa shape index (κ2) is 32.1. The Morgan fingerprint density at radius 3 is 1.62 bits per heavy atom. The molecule has 6 amide bonds. The maximum Gasteiger partial charge on any atom is 0.328 e. The van der Waals surface area contributed by atoms with Gasteiger partial charge in [-0.25, -0.2) is 4.79 Å². The minimum atomic E-state index is -4.15. The van der Waals surface area contributed by atoms with Gasteiger partial charge in [-0.2, -0.15) is 18.4 Å². The number of nitrogens with zero attached hydrogens (tertiary/aromatic N) is 5. The van der Waals surface area contributed by atoms with Crippen molar-refractivity contribution in [1.82, 2.24) is 35.4 Å². The number of likely N-dealkylation sites (N-methyl/N-ethyl adjacent to an activating group) is 3. The topological polar surface area (TPSA) is 256 Å². The number of para-hydroxylation sites is 1. The summed E-state index contributed by atoms with van der Waals surface area (Å²) in [5.74, 6) is -5.03. The van der Waals surface area contributed by atoms with Crippen LogP contribution in [0, 0.1) is 35.0 Å². The van der Waals surface area contributed by atoms with Gasteiger partial charge in [0.05, 0.1) is 25.0 Å². The fourth-order valence-corrected chi connectivity index (χ4v) is 9.91. The summed E-state index contributed by atoms with van der Waals surface area (Å²) in [7, 11) is 2.97. The average Bonchev–Trinajstić information content (AvgIpc) is 3.73. The zero-order chi connectivity index (χ0) is 57.6. The number of hydrogen-bond acceptors (Lipinski definition) is 13. The van der Waals surface area contributed by atoms with Crippen LogP contribution in [-0.4, -0.2) is 153 Å². The number of ether oxygens (including phenoxy) is 1. The van der Waals surface area contributed by atoms with Crippen LogP contribution in [0.3, 0.4) is 0 Å². The van der Waals surface area contributed by atoms with Crippen LogP contribution in [-0.2, 0) is 59.0 Å². The van der Waals surface area contributed by atoms with Gasteiger partial charge in [-0.05, 0) is 74.3 Å². The summed E-state index contributed by atoms with van der Waals surface area (Å²) in [5.41, 5.74) is 1.36. The maximum atomic E-state index is 15.2. The first kappa shape index (κ1) is 66.4. The first-order chi connectivity index (χ1) is 35.7. The van der Waals surface area contributed by atoms with Crippen molar-refractivity contribution in [2.75, 3.05) is 41.6 Å². The molecule has 0 bridgehead atoms. The number of aromatic nitrogens is 1. The summed E-state index contributed by atoms with van der Waals surface area (Å²) >= 11 is 0. The second-order valence-corrected chi connectivity index (χ2v) is 23.0. The lowest BCUT2D eigenvalue weighted by molar-refractivity contribution is -0.152. The highest BCUT2D eigenvalue weighted by atomic mass is 32.2. The van der Waals surface area contributed by atoms with Crippen molar-refractivity contribution in [3.8, 4) is 6.07 Å². The Bertz CT molecular complexity index is 2390. The van der Waals surface area contributed by atoms with Gasteiger partial charge in [0.2, 0.25) is 29.5 Å². The molecule has 2 rings (SSSR count). The van der Waals surface area contributed by atoms with Crippen LogP contribution in [0.25, 0.3) is 10.9 Å². The molecular weight excluding hydrogens is 997 g/mol. The molecule has 1 heterocycles. The molecule has 0 aliphatic carbocycles. The lowest BCUT2D eigenvalue weighted by Gasteiger charge is -2.36. The maximum absolute atomic E-state index is 15.2. The van der Waals surface area contributed by atoms with Crippen molar-refractivity contribution in [2.24, 2.45) is 23.7 Å². The quantitative estimate of drug-likeness (QED) is 0.0575. The van der Waals surface area contributed by atoms with E-state index in [4.69, 9.17) is 13.8 Å². The molecule has 21 heteroatoms. The number of carbonyl (C=O) groups is 7. The third-order valence-corrected chi connectivity index (χ3v) is 14.4. The van der Waals surface area contributed by atoms with Crippen molar-refractivity contribution >= 4 is 62.4 Å². The number of nitriles is 1. The summed E-state index contributed by atoms with van der Waals surface area (Å²) in [5, 5.41) is 18.6. The van der Waals surface area contributed by atoms with Crippen LogP contribution >= 0.6 is 0 Å².